The first kappa shape index (κ1) is 13.0. The number of nitrogens with zero attached hydrogens (tertiary/aromatic N) is 3. The fraction of sp³-hybridized carbons (Fsp3) is 0.667. The van der Waals surface area contributed by atoms with Gasteiger partial charge < -0.3 is 15.4 Å². The van der Waals surface area contributed by atoms with E-state index in [1.54, 1.807) is 0 Å². The van der Waals surface area contributed by atoms with Gasteiger partial charge >= 0.3 is 0 Å². The molecule has 0 atom stereocenters. The average molecular weight is 251 g/mol. The molecule has 1 aromatic rings. The van der Waals surface area contributed by atoms with Gasteiger partial charge in [-0.3, -0.25) is 0 Å². The van der Waals surface area contributed by atoms with Crippen LogP contribution in [0.5, 0.6) is 0 Å². The molecular weight excluding hydrogens is 230 g/mol. The van der Waals surface area contributed by atoms with Gasteiger partial charge in [0.05, 0.1) is 6.10 Å². The number of hydrogen-bond donors (Lipinski definition) is 3. The Labute approximate surface area is 107 Å². The summed E-state index contributed by atoms with van der Waals surface area (Å²) in [6, 6.07) is 0. The van der Waals surface area contributed by atoms with Crippen LogP contribution in [0.25, 0.3) is 0 Å². The maximum absolute atomic E-state index is 9.31. The van der Waals surface area contributed by atoms with Crippen LogP contribution in [0, 0.1) is 19.8 Å². The largest absolute Gasteiger partial charge is 0.393 e. The molecule has 1 aliphatic carbocycles. The monoisotopic (exact) mass is 251 g/mol. The van der Waals surface area contributed by atoms with Crippen molar-refractivity contribution < 1.29 is 5.11 Å². The van der Waals surface area contributed by atoms with Gasteiger partial charge in [0.15, 0.2) is 0 Å². The minimum absolute atomic E-state index is 0.113. The highest BCUT2D eigenvalue weighted by Crippen LogP contribution is 2.30. The Morgan fingerprint density at radius 3 is 2.61 bits per heavy atom. The second kappa shape index (κ2) is 5.07. The molecular formula is C12H21N5O. The number of hydrazine groups is 1. The van der Waals surface area contributed by atoms with Crippen molar-refractivity contribution in [3.63, 3.8) is 0 Å². The second-order valence-corrected chi connectivity index (χ2v) is 5.08. The van der Waals surface area contributed by atoms with Crippen LogP contribution in [0.15, 0.2) is 0 Å². The van der Waals surface area contributed by atoms with Gasteiger partial charge in [-0.1, -0.05) is 0 Å². The Balaban J connectivity index is 2.13. The number of rotatable bonds is 4. The Bertz CT molecular complexity index is 431. The van der Waals surface area contributed by atoms with E-state index in [9.17, 15) is 5.11 Å². The minimum atomic E-state index is -0.113. The van der Waals surface area contributed by atoms with Gasteiger partial charge in [-0.15, -0.1) is 0 Å². The molecule has 18 heavy (non-hydrogen) atoms. The summed E-state index contributed by atoms with van der Waals surface area (Å²) < 4.78 is 0. The Morgan fingerprint density at radius 1 is 1.39 bits per heavy atom. The number of hydrogen-bond acceptors (Lipinski definition) is 6. The molecule has 0 unspecified atom stereocenters. The van der Waals surface area contributed by atoms with Gasteiger partial charge in [-0.2, -0.15) is 0 Å². The number of aliphatic hydroxyl groups is 1. The molecule has 1 heterocycles. The number of nitrogens with two attached hydrogens (primary N) is 1. The van der Waals surface area contributed by atoms with Crippen LogP contribution in [-0.4, -0.2) is 34.8 Å². The summed E-state index contributed by atoms with van der Waals surface area (Å²) in [5.74, 6) is 8.27. The van der Waals surface area contributed by atoms with E-state index >= 15 is 0 Å². The van der Waals surface area contributed by atoms with E-state index in [-0.39, 0.29) is 6.10 Å². The van der Waals surface area contributed by atoms with Crippen molar-refractivity contribution in [2.45, 2.75) is 32.8 Å². The van der Waals surface area contributed by atoms with Crippen molar-refractivity contribution in [3.8, 4) is 0 Å². The standard InChI is InChI=1S/C12H21N5O/c1-7-11(16-13)14-8(2)15-12(7)17(3)6-9-4-10(18)5-9/h9-10,18H,4-6,13H2,1-3H3,(H,14,15,16). The number of nitrogen functional groups attached to an aromatic ring is 1. The van der Waals surface area contributed by atoms with Crippen molar-refractivity contribution in [1.29, 1.82) is 0 Å². The number of aryl methyl sites for hydroxylation is 1. The van der Waals surface area contributed by atoms with Crippen molar-refractivity contribution in [1.82, 2.24) is 9.97 Å². The number of anilines is 2. The van der Waals surface area contributed by atoms with E-state index in [1.807, 2.05) is 20.9 Å². The summed E-state index contributed by atoms with van der Waals surface area (Å²) in [7, 11) is 2.01. The minimum Gasteiger partial charge on any atom is -0.393 e. The van der Waals surface area contributed by atoms with Gasteiger partial charge in [0.25, 0.3) is 0 Å². The molecule has 6 nitrogen and oxygen atoms in total. The predicted molar refractivity (Wildman–Crippen MR) is 71.3 cm³/mol. The highest BCUT2D eigenvalue weighted by Gasteiger charge is 2.28. The molecule has 0 aromatic carbocycles. The first-order chi connectivity index (χ1) is 8.51. The quantitative estimate of drug-likeness (QED) is 0.536. The summed E-state index contributed by atoms with van der Waals surface area (Å²) in [5, 5.41) is 9.31. The van der Waals surface area contributed by atoms with E-state index in [0.29, 0.717) is 17.6 Å². The van der Waals surface area contributed by atoms with E-state index in [0.717, 1.165) is 30.8 Å². The van der Waals surface area contributed by atoms with Gasteiger partial charge in [-0.25, -0.2) is 15.8 Å². The van der Waals surface area contributed by atoms with Crippen LogP contribution in [-0.2, 0) is 0 Å². The molecule has 1 aliphatic rings. The molecule has 6 heteroatoms. The van der Waals surface area contributed by atoms with Gasteiger partial charge in [0, 0.05) is 19.2 Å². The number of aromatic nitrogens is 2. The van der Waals surface area contributed by atoms with Crippen LogP contribution < -0.4 is 16.2 Å². The molecule has 0 aliphatic heterocycles. The van der Waals surface area contributed by atoms with E-state index in [2.05, 4.69) is 20.3 Å². The molecule has 1 aromatic heterocycles. The van der Waals surface area contributed by atoms with E-state index in [4.69, 9.17) is 5.84 Å². The lowest BCUT2D eigenvalue weighted by Gasteiger charge is -2.35. The van der Waals surface area contributed by atoms with Crippen LogP contribution >= 0.6 is 0 Å². The SMILES string of the molecule is Cc1nc(NN)c(C)c(N(C)CC2CC(O)C2)n1. The first-order valence-electron chi connectivity index (χ1n) is 6.22. The summed E-state index contributed by atoms with van der Waals surface area (Å²) in [5.41, 5.74) is 3.55. The molecule has 4 N–H and O–H groups in total. The van der Waals surface area contributed by atoms with Crippen molar-refractivity contribution >= 4 is 11.6 Å². The van der Waals surface area contributed by atoms with E-state index in [1.165, 1.54) is 0 Å². The second-order valence-electron chi connectivity index (χ2n) is 5.08. The average Bonchev–Trinajstić information content (AvgIpc) is 2.29. The zero-order valence-electron chi connectivity index (χ0n) is 11.1. The third-order valence-electron chi connectivity index (χ3n) is 3.47. The zero-order chi connectivity index (χ0) is 13.3. The Kier molecular flexibility index (Phi) is 3.68. The van der Waals surface area contributed by atoms with Crippen LogP contribution in [0.2, 0.25) is 0 Å². The molecule has 0 amide bonds. The molecule has 2 rings (SSSR count). The third-order valence-corrected chi connectivity index (χ3v) is 3.47. The number of aliphatic hydroxyl groups excluding tert-OH is 1. The molecule has 0 saturated heterocycles. The fourth-order valence-electron chi connectivity index (χ4n) is 2.45. The van der Waals surface area contributed by atoms with Gasteiger partial charge in [0.1, 0.15) is 17.5 Å². The molecule has 1 saturated carbocycles. The van der Waals surface area contributed by atoms with Crippen LogP contribution in [0.1, 0.15) is 24.2 Å². The fourth-order valence-corrected chi connectivity index (χ4v) is 2.45. The zero-order valence-corrected chi connectivity index (χ0v) is 11.1. The first-order valence-corrected chi connectivity index (χ1v) is 6.22. The lowest BCUT2D eigenvalue weighted by Crippen LogP contribution is -2.37. The highest BCUT2D eigenvalue weighted by molar-refractivity contribution is 5.57. The Hall–Kier alpha value is -1.40. The summed E-state index contributed by atoms with van der Waals surface area (Å²) in [6.07, 6.45) is 1.66. The number of nitrogens with one attached hydrogen (secondary N) is 1. The van der Waals surface area contributed by atoms with Crippen LogP contribution in [0.4, 0.5) is 11.6 Å². The summed E-state index contributed by atoms with van der Waals surface area (Å²) in [4.78, 5) is 10.8. The molecule has 100 valence electrons. The molecule has 0 bridgehead atoms. The summed E-state index contributed by atoms with van der Waals surface area (Å²) >= 11 is 0. The maximum Gasteiger partial charge on any atom is 0.148 e. The predicted octanol–water partition coefficient (Wildman–Crippen LogP) is 0.586. The van der Waals surface area contributed by atoms with Crippen molar-refractivity contribution in [2.24, 2.45) is 11.8 Å². The van der Waals surface area contributed by atoms with Gasteiger partial charge in [-0.05, 0) is 32.6 Å². The van der Waals surface area contributed by atoms with Gasteiger partial charge in [0.2, 0.25) is 0 Å². The lowest BCUT2D eigenvalue weighted by molar-refractivity contribution is 0.0464. The normalized spacial score (nSPS) is 22.5. The third kappa shape index (κ3) is 2.54. The maximum atomic E-state index is 9.31. The molecule has 1 fully saturated rings. The van der Waals surface area contributed by atoms with Crippen molar-refractivity contribution in [3.05, 3.63) is 11.4 Å². The molecule has 0 radical (unpaired) electrons. The lowest BCUT2D eigenvalue weighted by atomic mass is 9.82. The summed E-state index contributed by atoms with van der Waals surface area (Å²) in [6.45, 7) is 4.71. The van der Waals surface area contributed by atoms with Crippen LogP contribution in [0.3, 0.4) is 0 Å². The topological polar surface area (TPSA) is 87.3 Å². The smallest absolute Gasteiger partial charge is 0.148 e. The Morgan fingerprint density at radius 2 is 2.06 bits per heavy atom. The molecule has 0 spiro atoms. The highest BCUT2D eigenvalue weighted by atomic mass is 16.3. The van der Waals surface area contributed by atoms with E-state index < -0.39 is 0 Å². The van der Waals surface area contributed by atoms with Crippen molar-refractivity contribution in [2.75, 3.05) is 23.9 Å².